The first kappa shape index (κ1) is 19.4. The maximum absolute atomic E-state index is 13.3. The van der Waals surface area contributed by atoms with E-state index >= 15 is 0 Å². The Kier molecular flexibility index (Phi) is 5.80. The minimum atomic E-state index is -0.716. The molecule has 6 heteroatoms. The third kappa shape index (κ3) is 4.30. The van der Waals surface area contributed by atoms with Crippen LogP contribution in [-0.2, 0) is 26.3 Å². The second-order valence-electron chi connectivity index (χ2n) is 6.90. The predicted molar refractivity (Wildman–Crippen MR) is 101 cm³/mol. The Morgan fingerprint density at radius 2 is 1.93 bits per heavy atom. The standard InChI is InChI=1S/C21H21ClFNO3/c1-24(13-15-5-2-8-18(23)11-15)19(25)14-27-20(26)21(9-4-10-21)16-6-3-7-17(22)12-16/h2-3,5-8,11-12H,4,9-10,13-14H2,1H3. The molecule has 2 aromatic rings. The van der Waals surface area contributed by atoms with Crippen LogP contribution in [0.1, 0.15) is 30.4 Å². The first-order chi connectivity index (χ1) is 12.9. The molecule has 0 N–H and O–H groups in total. The molecular formula is C21H21ClFNO3. The van der Waals surface area contributed by atoms with Crippen LogP contribution in [0.4, 0.5) is 4.39 Å². The van der Waals surface area contributed by atoms with Crippen molar-refractivity contribution in [3.63, 3.8) is 0 Å². The molecule has 0 unspecified atom stereocenters. The number of nitrogens with zero attached hydrogens (tertiary/aromatic N) is 1. The topological polar surface area (TPSA) is 46.6 Å². The molecule has 2 aromatic carbocycles. The molecule has 0 bridgehead atoms. The summed E-state index contributed by atoms with van der Waals surface area (Å²) in [5.41, 5.74) is 0.783. The number of rotatable bonds is 6. The normalized spacial score (nSPS) is 14.9. The molecule has 0 heterocycles. The Bertz CT molecular complexity index is 851. The maximum atomic E-state index is 13.3. The third-order valence-electron chi connectivity index (χ3n) is 5.04. The fourth-order valence-electron chi connectivity index (χ4n) is 3.30. The second kappa shape index (κ2) is 8.09. The molecule has 0 aliphatic heterocycles. The summed E-state index contributed by atoms with van der Waals surface area (Å²) in [5, 5.41) is 0.567. The van der Waals surface area contributed by atoms with E-state index in [-0.39, 0.29) is 24.9 Å². The highest BCUT2D eigenvalue weighted by atomic mass is 35.5. The first-order valence-electron chi connectivity index (χ1n) is 8.82. The van der Waals surface area contributed by atoms with E-state index in [1.54, 1.807) is 31.3 Å². The highest BCUT2D eigenvalue weighted by Crippen LogP contribution is 2.45. The lowest BCUT2D eigenvalue weighted by Crippen LogP contribution is -2.45. The molecule has 1 amide bonds. The molecule has 0 spiro atoms. The molecule has 0 atom stereocenters. The van der Waals surface area contributed by atoms with Crippen LogP contribution in [0.5, 0.6) is 0 Å². The van der Waals surface area contributed by atoms with Gasteiger partial charge in [0.1, 0.15) is 5.82 Å². The molecule has 3 rings (SSSR count). The molecule has 0 saturated heterocycles. The van der Waals surface area contributed by atoms with Crippen molar-refractivity contribution in [1.29, 1.82) is 0 Å². The number of hydrogen-bond donors (Lipinski definition) is 0. The zero-order valence-corrected chi connectivity index (χ0v) is 15.8. The van der Waals surface area contributed by atoms with Crippen LogP contribution in [0, 0.1) is 5.82 Å². The number of likely N-dealkylation sites (N-methyl/N-ethyl adjacent to an activating group) is 1. The number of hydrogen-bond acceptors (Lipinski definition) is 3. The third-order valence-corrected chi connectivity index (χ3v) is 5.27. The number of carbonyl (C=O) groups excluding carboxylic acids is 2. The van der Waals surface area contributed by atoms with Gasteiger partial charge in [0.15, 0.2) is 6.61 Å². The van der Waals surface area contributed by atoms with E-state index in [9.17, 15) is 14.0 Å². The van der Waals surface area contributed by atoms with Crippen LogP contribution < -0.4 is 0 Å². The molecule has 1 aliphatic carbocycles. The van der Waals surface area contributed by atoms with Crippen molar-refractivity contribution in [2.45, 2.75) is 31.2 Å². The Balaban J connectivity index is 1.60. The molecule has 1 aliphatic rings. The summed E-state index contributed by atoms with van der Waals surface area (Å²) in [6.45, 7) is -0.0967. The van der Waals surface area contributed by atoms with Crippen molar-refractivity contribution in [1.82, 2.24) is 4.90 Å². The van der Waals surface area contributed by atoms with Crippen molar-refractivity contribution in [2.24, 2.45) is 0 Å². The minimum absolute atomic E-state index is 0.244. The van der Waals surface area contributed by atoms with E-state index in [1.165, 1.54) is 17.0 Å². The van der Waals surface area contributed by atoms with Gasteiger partial charge in [-0.15, -0.1) is 0 Å². The zero-order valence-electron chi connectivity index (χ0n) is 15.1. The summed E-state index contributed by atoms with van der Waals surface area (Å²) in [4.78, 5) is 26.4. The van der Waals surface area contributed by atoms with Crippen molar-refractivity contribution in [3.05, 3.63) is 70.5 Å². The van der Waals surface area contributed by atoms with Gasteiger partial charge < -0.3 is 9.64 Å². The molecular weight excluding hydrogens is 369 g/mol. The van der Waals surface area contributed by atoms with E-state index in [0.717, 1.165) is 12.0 Å². The second-order valence-corrected chi connectivity index (χ2v) is 7.34. The number of esters is 1. The predicted octanol–water partition coefficient (Wildman–Crippen LogP) is 4.10. The van der Waals surface area contributed by atoms with Gasteiger partial charge in [0.25, 0.3) is 5.91 Å². The highest BCUT2D eigenvalue weighted by Gasteiger charge is 2.47. The molecule has 1 fully saturated rings. The summed E-state index contributed by atoms with van der Waals surface area (Å²) < 4.78 is 18.6. The highest BCUT2D eigenvalue weighted by molar-refractivity contribution is 6.30. The van der Waals surface area contributed by atoms with E-state index in [2.05, 4.69) is 0 Å². The van der Waals surface area contributed by atoms with Crippen molar-refractivity contribution in [3.8, 4) is 0 Å². The number of benzene rings is 2. The lowest BCUT2D eigenvalue weighted by atomic mass is 9.64. The van der Waals surface area contributed by atoms with Gasteiger partial charge in [-0.3, -0.25) is 9.59 Å². The smallest absolute Gasteiger partial charge is 0.317 e. The van der Waals surface area contributed by atoms with Crippen LogP contribution in [0.25, 0.3) is 0 Å². The van der Waals surface area contributed by atoms with Gasteiger partial charge in [0.2, 0.25) is 0 Å². The van der Waals surface area contributed by atoms with E-state index in [0.29, 0.717) is 23.4 Å². The van der Waals surface area contributed by atoms with Crippen LogP contribution in [0.2, 0.25) is 5.02 Å². The van der Waals surface area contributed by atoms with E-state index in [1.807, 2.05) is 12.1 Å². The van der Waals surface area contributed by atoms with Gasteiger partial charge in [0, 0.05) is 18.6 Å². The number of halogens is 2. The first-order valence-corrected chi connectivity index (χ1v) is 9.20. The lowest BCUT2D eigenvalue weighted by Gasteiger charge is -2.39. The Labute approximate surface area is 162 Å². The molecule has 0 radical (unpaired) electrons. The van der Waals surface area contributed by atoms with Crippen LogP contribution in [0.15, 0.2) is 48.5 Å². The number of ether oxygens (including phenoxy) is 1. The van der Waals surface area contributed by atoms with Crippen LogP contribution in [0.3, 0.4) is 0 Å². The summed E-state index contributed by atoms with van der Waals surface area (Å²) >= 11 is 6.05. The minimum Gasteiger partial charge on any atom is -0.455 e. The van der Waals surface area contributed by atoms with Gasteiger partial charge in [-0.2, -0.15) is 0 Å². The lowest BCUT2D eigenvalue weighted by molar-refractivity contribution is -0.160. The van der Waals surface area contributed by atoms with Crippen LogP contribution in [-0.4, -0.2) is 30.4 Å². The van der Waals surface area contributed by atoms with Crippen molar-refractivity contribution >= 4 is 23.5 Å². The van der Waals surface area contributed by atoms with Crippen LogP contribution >= 0.6 is 11.6 Å². The van der Waals surface area contributed by atoms with Gasteiger partial charge in [0.05, 0.1) is 5.41 Å². The number of amides is 1. The average Bonchev–Trinajstić information content (AvgIpc) is 2.58. The van der Waals surface area contributed by atoms with Crippen molar-refractivity contribution in [2.75, 3.05) is 13.7 Å². The van der Waals surface area contributed by atoms with E-state index < -0.39 is 11.4 Å². The van der Waals surface area contributed by atoms with Crippen molar-refractivity contribution < 1.29 is 18.7 Å². The van der Waals surface area contributed by atoms with Gasteiger partial charge in [-0.1, -0.05) is 42.3 Å². The molecule has 4 nitrogen and oxygen atoms in total. The molecule has 1 saturated carbocycles. The van der Waals surface area contributed by atoms with Gasteiger partial charge >= 0.3 is 5.97 Å². The maximum Gasteiger partial charge on any atom is 0.317 e. The fourth-order valence-corrected chi connectivity index (χ4v) is 3.49. The monoisotopic (exact) mass is 389 g/mol. The summed E-state index contributed by atoms with van der Waals surface area (Å²) in [6, 6.07) is 13.3. The Hall–Kier alpha value is -2.40. The quantitative estimate of drug-likeness (QED) is 0.699. The van der Waals surface area contributed by atoms with Gasteiger partial charge in [-0.25, -0.2) is 4.39 Å². The summed E-state index contributed by atoms with van der Waals surface area (Å²) in [6.07, 6.45) is 2.29. The average molecular weight is 390 g/mol. The Morgan fingerprint density at radius 1 is 1.19 bits per heavy atom. The van der Waals surface area contributed by atoms with Gasteiger partial charge in [-0.05, 0) is 48.2 Å². The SMILES string of the molecule is CN(Cc1cccc(F)c1)C(=O)COC(=O)C1(c2cccc(Cl)c2)CCC1. The molecule has 0 aromatic heterocycles. The summed E-state index contributed by atoms with van der Waals surface area (Å²) in [7, 11) is 1.59. The Morgan fingerprint density at radius 3 is 2.56 bits per heavy atom. The molecule has 142 valence electrons. The molecule has 27 heavy (non-hydrogen) atoms. The number of carbonyl (C=O) groups is 2. The fraction of sp³-hybridized carbons (Fsp3) is 0.333. The summed E-state index contributed by atoms with van der Waals surface area (Å²) in [5.74, 6) is -1.09. The zero-order chi connectivity index (χ0) is 19.4. The van der Waals surface area contributed by atoms with E-state index in [4.69, 9.17) is 16.3 Å². The largest absolute Gasteiger partial charge is 0.455 e.